The van der Waals surface area contributed by atoms with E-state index in [2.05, 4.69) is 24.3 Å². The summed E-state index contributed by atoms with van der Waals surface area (Å²) in [5, 5.41) is 9.72. The van der Waals surface area contributed by atoms with Crippen LogP contribution in [0.3, 0.4) is 0 Å². The van der Waals surface area contributed by atoms with Gasteiger partial charge in [0.1, 0.15) is 0 Å². The normalized spacial score (nSPS) is 22.8. The fourth-order valence-corrected chi connectivity index (χ4v) is 4.11. The summed E-state index contributed by atoms with van der Waals surface area (Å²) in [7, 11) is 0. The van der Waals surface area contributed by atoms with Crippen molar-refractivity contribution in [2.24, 2.45) is 0 Å². The maximum Gasteiger partial charge on any atom is 0.314 e. The Balaban J connectivity index is 1.86. The van der Waals surface area contributed by atoms with E-state index in [9.17, 15) is 9.90 Å². The lowest BCUT2D eigenvalue weighted by Crippen LogP contribution is -2.37. The first-order valence-corrected chi connectivity index (χ1v) is 8.06. The van der Waals surface area contributed by atoms with Gasteiger partial charge in [-0.3, -0.25) is 4.79 Å². The summed E-state index contributed by atoms with van der Waals surface area (Å²) < 4.78 is 0. The van der Waals surface area contributed by atoms with E-state index < -0.39 is 11.4 Å². The molecule has 2 saturated carbocycles. The molecule has 3 rings (SSSR count). The Morgan fingerprint density at radius 1 is 0.950 bits per heavy atom. The van der Waals surface area contributed by atoms with E-state index in [1.54, 1.807) is 0 Å². The van der Waals surface area contributed by atoms with Crippen LogP contribution in [-0.2, 0) is 10.2 Å². The maximum absolute atomic E-state index is 11.8. The second-order valence-corrected chi connectivity index (χ2v) is 6.55. The Morgan fingerprint density at radius 3 is 2.10 bits per heavy atom. The zero-order chi connectivity index (χ0) is 14.0. The van der Waals surface area contributed by atoms with E-state index in [1.807, 2.05) is 0 Å². The highest BCUT2D eigenvalue weighted by atomic mass is 16.4. The van der Waals surface area contributed by atoms with Crippen LogP contribution in [0.25, 0.3) is 0 Å². The van der Waals surface area contributed by atoms with Crippen LogP contribution in [0.1, 0.15) is 74.8 Å². The van der Waals surface area contributed by atoms with Gasteiger partial charge in [0.2, 0.25) is 0 Å². The fourth-order valence-electron chi connectivity index (χ4n) is 4.11. The summed E-state index contributed by atoms with van der Waals surface area (Å²) in [6.07, 6.45) is 10.1. The van der Waals surface area contributed by atoms with E-state index >= 15 is 0 Å². The number of carbonyl (C=O) groups is 1. The van der Waals surface area contributed by atoms with Gasteiger partial charge < -0.3 is 5.11 Å². The maximum atomic E-state index is 11.8. The van der Waals surface area contributed by atoms with Crippen molar-refractivity contribution in [3.63, 3.8) is 0 Å². The molecule has 2 aliphatic rings. The predicted octanol–water partition coefficient (Wildman–Crippen LogP) is 4.63. The molecule has 0 saturated heterocycles. The lowest BCUT2D eigenvalue weighted by molar-refractivity contribution is -0.145. The Bertz CT molecular complexity index is 463. The highest BCUT2D eigenvalue weighted by Crippen LogP contribution is 2.41. The second kappa shape index (κ2) is 5.59. The molecule has 0 unspecified atom stereocenters. The molecule has 2 nitrogen and oxygen atoms in total. The number of rotatable bonds is 3. The van der Waals surface area contributed by atoms with E-state index in [4.69, 9.17) is 0 Å². The van der Waals surface area contributed by atoms with E-state index in [-0.39, 0.29) is 0 Å². The molecular formula is C18H24O2. The number of carboxylic acid groups (broad SMARTS) is 1. The minimum Gasteiger partial charge on any atom is -0.481 e. The number of hydrogen-bond acceptors (Lipinski definition) is 1. The van der Waals surface area contributed by atoms with Gasteiger partial charge >= 0.3 is 5.97 Å². The zero-order valence-electron chi connectivity index (χ0n) is 12.1. The van der Waals surface area contributed by atoms with Gasteiger partial charge in [0.15, 0.2) is 0 Å². The first kappa shape index (κ1) is 13.7. The molecule has 2 heteroatoms. The average molecular weight is 272 g/mol. The van der Waals surface area contributed by atoms with Gasteiger partial charge in [0, 0.05) is 0 Å². The molecule has 1 aromatic carbocycles. The zero-order valence-corrected chi connectivity index (χ0v) is 12.1. The van der Waals surface area contributed by atoms with Crippen LogP contribution in [0.2, 0.25) is 0 Å². The van der Waals surface area contributed by atoms with Crippen LogP contribution in [-0.4, -0.2) is 11.1 Å². The highest BCUT2D eigenvalue weighted by molar-refractivity contribution is 5.81. The molecule has 0 radical (unpaired) electrons. The Labute approximate surface area is 121 Å². The quantitative estimate of drug-likeness (QED) is 0.871. The Hall–Kier alpha value is -1.31. The molecule has 2 aliphatic carbocycles. The summed E-state index contributed by atoms with van der Waals surface area (Å²) in [5.74, 6) is 0.0713. The largest absolute Gasteiger partial charge is 0.481 e. The van der Waals surface area contributed by atoms with Crippen molar-refractivity contribution < 1.29 is 9.90 Å². The molecule has 0 bridgehead atoms. The topological polar surface area (TPSA) is 37.3 Å². The number of hydrogen-bond donors (Lipinski definition) is 1. The molecule has 0 heterocycles. The molecule has 0 spiro atoms. The van der Waals surface area contributed by atoms with Crippen LogP contribution in [0, 0.1) is 0 Å². The summed E-state index contributed by atoms with van der Waals surface area (Å²) in [6, 6.07) is 8.55. The second-order valence-electron chi connectivity index (χ2n) is 6.55. The number of benzene rings is 1. The van der Waals surface area contributed by atoms with Crippen molar-refractivity contribution in [2.75, 3.05) is 0 Å². The Kier molecular flexibility index (Phi) is 3.82. The molecule has 108 valence electrons. The van der Waals surface area contributed by atoms with Gasteiger partial charge in [-0.15, -0.1) is 0 Å². The molecule has 0 atom stereocenters. The van der Waals surface area contributed by atoms with Crippen molar-refractivity contribution in [2.45, 2.75) is 69.1 Å². The van der Waals surface area contributed by atoms with Gasteiger partial charge in [0.25, 0.3) is 0 Å². The van der Waals surface area contributed by atoms with Crippen molar-refractivity contribution in [3.8, 4) is 0 Å². The lowest BCUT2D eigenvalue weighted by Gasteiger charge is -2.33. The van der Waals surface area contributed by atoms with E-state index in [1.165, 1.54) is 37.7 Å². The SMILES string of the molecule is O=C(O)C1(c2ccc(C3CCCC3)cc2)CCCCC1. The minimum absolute atomic E-state index is 0.619. The fraction of sp³-hybridized carbons (Fsp3) is 0.611. The average Bonchev–Trinajstić information content (AvgIpc) is 3.02. The summed E-state index contributed by atoms with van der Waals surface area (Å²) in [6.45, 7) is 0. The van der Waals surface area contributed by atoms with Crippen molar-refractivity contribution >= 4 is 5.97 Å². The standard InChI is InChI=1S/C18H24O2/c19-17(20)18(12-4-1-5-13-18)16-10-8-15(9-11-16)14-6-2-3-7-14/h8-11,14H,1-7,12-13H2,(H,19,20). The molecule has 2 fully saturated rings. The smallest absolute Gasteiger partial charge is 0.314 e. The monoisotopic (exact) mass is 272 g/mol. The van der Waals surface area contributed by atoms with Crippen LogP contribution in [0.4, 0.5) is 0 Å². The van der Waals surface area contributed by atoms with Crippen molar-refractivity contribution in [1.29, 1.82) is 0 Å². The van der Waals surface area contributed by atoms with Gasteiger partial charge in [0.05, 0.1) is 5.41 Å². The van der Waals surface area contributed by atoms with Gasteiger partial charge in [-0.1, -0.05) is 56.4 Å². The van der Waals surface area contributed by atoms with Crippen LogP contribution >= 0.6 is 0 Å². The molecule has 0 aliphatic heterocycles. The van der Waals surface area contributed by atoms with Crippen molar-refractivity contribution in [3.05, 3.63) is 35.4 Å². The van der Waals surface area contributed by atoms with Crippen LogP contribution in [0.5, 0.6) is 0 Å². The predicted molar refractivity (Wildman–Crippen MR) is 80.0 cm³/mol. The summed E-state index contributed by atoms with van der Waals surface area (Å²) in [5.41, 5.74) is 1.81. The van der Waals surface area contributed by atoms with Crippen molar-refractivity contribution in [1.82, 2.24) is 0 Å². The lowest BCUT2D eigenvalue weighted by atomic mass is 9.69. The third kappa shape index (κ3) is 2.36. The van der Waals surface area contributed by atoms with Gasteiger partial charge in [-0.05, 0) is 42.7 Å². The summed E-state index contributed by atoms with van der Waals surface area (Å²) >= 11 is 0. The molecule has 0 amide bonds. The van der Waals surface area contributed by atoms with Gasteiger partial charge in [-0.25, -0.2) is 0 Å². The molecule has 1 N–H and O–H groups in total. The highest BCUT2D eigenvalue weighted by Gasteiger charge is 2.41. The molecule has 1 aromatic rings. The number of aliphatic carboxylic acids is 1. The first-order valence-electron chi connectivity index (χ1n) is 8.06. The minimum atomic E-state index is -0.634. The molecular weight excluding hydrogens is 248 g/mol. The molecule has 0 aromatic heterocycles. The first-order chi connectivity index (χ1) is 9.72. The third-order valence-electron chi connectivity index (χ3n) is 5.41. The number of carboxylic acids is 1. The van der Waals surface area contributed by atoms with Gasteiger partial charge in [-0.2, -0.15) is 0 Å². The third-order valence-corrected chi connectivity index (χ3v) is 5.41. The van der Waals surface area contributed by atoms with E-state index in [0.29, 0.717) is 5.92 Å². The Morgan fingerprint density at radius 2 is 1.55 bits per heavy atom. The summed E-state index contributed by atoms with van der Waals surface area (Å²) in [4.78, 5) is 11.8. The van der Waals surface area contributed by atoms with Crippen LogP contribution in [0.15, 0.2) is 24.3 Å². The molecule has 20 heavy (non-hydrogen) atoms. The van der Waals surface area contributed by atoms with E-state index in [0.717, 1.165) is 31.2 Å². The van der Waals surface area contributed by atoms with Crippen LogP contribution < -0.4 is 0 Å².